The Morgan fingerprint density at radius 3 is 2.28 bits per heavy atom. The van der Waals surface area contributed by atoms with Gasteiger partial charge in [0.05, 0.1) is 28.5 Å². The Hall–Kier alpha value is -4.71. The Labute approximate surface area is 387 Å². The van der Waals surface area contributed by atoms with Gasteiger partial charge in [0.15, 0.2) is 0 Å². The largest absolute Gasteiger partial charge is 0.388 e. The Morgan fingerprint density at radius 1 is 1.06 bits per heavy atom. The average molecular weight is 918 g/mol. The fourth-order valence-corrected chi connectivity index (χ4v) is 11.2. The number of rotatable bonds is 16. The quantitative estimate of drug-likeness (QED) is 0.0786. The molecule has 17 heteroatoms. The van der Waals surface area contributed by atoms with Crippen molar-refractivity contribution < 1.29 is 33.5 Å². The molecule has 0 bridgehead atoms. The molecule has 1 aromatic carbocycles. The smallest absolute Gasteiger partial charge is 0.262 e. The van der Waals surface area contributed by atoms with Crippen LogP contribution in [0.15, 0.2) is 36.6 Å². The number of benzene rings is 1. The normalized spacial score (nSPS) is 22.3. The van der Waals surface area contributed by atoms with Gasteiger partial charge < -0.3 is 25.9 Å². The van der Waals surface area contributed by atoms with Crippen molar-refractivity contribution in [1.82, 2.24) is 29.4 Å². The number of likely N-dealkylation sites (tertiary alicyclic amines) is 1. The molecular formula is C48H68FN9O6S. The molecule has 3 unspecified atom stereocenters. The highest BCUT2D eigenvalue weighted by atomic mass is 32.2. The van der Waals surface area contributed by atoms with E-state index in [1.807, 2.05) is 24.8 Å². The Kier molecular flexibility index (Phi) is 16.6. The summed E-state index contributed by atoms with van der Waals surface area (Å²) in [6.45, 7) is 15.2. The van der Waals surface area contributed by atoms with Gasteiger partial charge in [-0.3, -0.25) is 38.2 Å². The first kappa shape index (κ1) is 49.7. The maximum absolute atomic E-state index is 15.3. The fraction of sp³-hybridized carbons (Fsp3) is 0.604. The molecule has 354 valence electrons. The summed E-state index contributed by atoms with van der Waals surface area (Å²) in [4.78, 5) is 76.2. The first-order valence-corrected chi connectivity index (χ1v) is 24.1. The summed E-state index contributed by atoms with van der Waals surface area (Å²) in [5.41, 5.74) is 6.06. The van der Waals surface area contributed by atoms with Gasteiger partial charge in [0.2, 0.25) is 18.3 Å². The molecule has 3 fully saturated rings. The number of hydrogen-bond acceptors (Lipinski definition) is 13. The van der Waals surface area contributed by atoms with Gasteiger partial charge in [0, 0.05) is 62.7 Å². The van der Waals surface area contributed by atoms with E-state index < -0.39 is 41.2 Å². The number of allylic oxidation sites excluding steroid dienone is 2. The summed E-state index contributed by atoms with van der Waals surface area (Å²) in [5.74, 6) is -1.15. The van der Waals surface area contributed by atoms with E-state index in [1.165, 1.54) is 76.0 Å². The Balaban J connectivity index is 0.000000294. The zero-order valence-electron chi connectivity index (χ0n) is 38.9. The maximum Gasteiger partial charge on any atom is 0.262 e. The third kappa shape index (κ3) is 11.3. The summed E-state index contributed by atoms with van der Waals surface area (Å²) in [6.07, 6.45) is 20.8. The molecule has 15 nitrogen and oxygen atoms in total. The number of nitrogen functional groups attached to an aromatic ring is 1. The van der Waals surface area contributed by atoms with Gasteiger partial charge in [0.25, 0.3) is 11.8 Å². The first-order chi connectivity index (χ1) is 31.1. The molecule has 1 aromatic heterocycles. The predicted molar refractivity (Wildman–Crippen MR) is 254 cm³/mol. The zero-order chi connectivity index (χ0) is 47.1. The van der Waals surface area contributed by atoms with E-state index in [9.17, 15) is 29.1 Å². The van der Waals surface area contributed by atoms with Gasteiger partial charge in [-0.2, -0.15) is 4.98 Å². The molecule has 4 amide bonds. The van der Waals surface area contributed by atoms with E-state index in [0.717, 1.165) is 30.0 Å². The number of amides is 4. The molecule has 1 spiro atoms. The lowest BCUT2D eigenvalue weighted by atomic mass is 9.71. The number of hydrogen-bond donors (Lipinski definition) is 3. The van der Waals surface area contributed by atoms with Gasteiger partial charge in [-0.25, -0.2) is 9.37 Å². The molecule has 65 heavy (non-hydrogen) atoms. The second-order valence-electron chi connectivity index (χ2n) is 18.6. The number of aliphatic hydroxyl groups is 1. The van der Waals surface area contributed by atoms with E-state index in [0.29, 0.717) is 66.0 Å². The van der Waals surface area contributed by atoms with Gasteiger partial charge in [-0.15, -0.1) is 0 Å². The number of halogens is 1. The number of aromatic nitrogens is 2. The highest BCUT2D eigenvalue weighted by Gasteiger charge is 2.45. The van der Waals surface area contributed by atoms with Crippen LogP contribution in [0.25, 0.3) is 6.08 Å². The van der Waals surface area contributed by atoms with Crippen LogP contribution in [0.1, 0.15) is 125 Å². The molecule has 0 radical (unpaired) electrons. The Morgan fingerprint density at radius 2 is 1.72 bits per heavy atom. The van der Waals surface area contributed by atoms with E-state index in [-0.39, 0.29) is 29.9 Å². The van der Waals surface area contributed by atoms with Crippen LogP contribution >= 0.6 is 11.9 Å². The van der Waals surface area contributed by atoms with E-state index in [2.05, 4.69) is 55.5 Å². The molecule has 1 aliphatic carbocycles. The highest BCUT2D eigenvalue weighted by Crippen LogP contribution is 2.45. The van der Waals surface area contributed by atoms with Crippen molar-refractivity contribution in [2.75, 3.05) is 61.8 Å². The second kappa shape index (κ2) is 21.7. The molecule has 0 saturated carbocycles. The van der Waals surface area contributed by atoms with Gasteiger partial charge in [0.1, 0.15) is 24.0 Å². The van der Waals surface area contributed by atoms with Gasteiger partial charge in [-0.1, -0.05) is 50.1 Å². The minimum absolute atomic E-state index is 0.0175. The van der Waals surface area contributed by atoms with Crippen LogP contribution in [0.5, 0.6) is 0 Å². The van der Waals surface area contributed by atoms with Crippen LogP contribution in [0.3, 0.4) is 0 Å². The molecule has 5 aliphatic rings. The van der Waals surface area contributed by atoms with E-state index in [4.69, 9.17) is 5.73 Å². The molecular weight excluding hydrogens is 850 g/mol. The van der Waals surface area contributed by atoms with Crippen LogP contribution < -0.4 is 20.9 Å². The summed E-state index contributed by atoms with van der Waals surface area (Å²) in [5, 5.41) is 13.3. The third-order valence-electron chi connectivity index (χ3n) is 14.1. The SMILES string of the molecule is C/C=C\c1cnc(N)nc1N(C=O)[C@H](CC)C(C)(C)O.CCC1C=CC(SN2CCC3(CC2)CCN(C2CN(c4cc5c(cc4F)C(=O)N(C(CCC=O)C(=O)NC)C5=O)C2)CC3)CC1. The summed E-state index contributed by atoms with van der Waals surface area (Å²) in [6, 6.07) is 1.40. The number of piperidine rings is 2. The van der Waals surface area contributed by atoms with Crippen LogP contribution in [-0.4, -0.2) is 135 Å². The van der Waals surface area contributed by atoms with Crippen molar-refractivity contribution in [3.05, 3.63) is 59.1 Å². The average Bonchev–Trinajstić information content (AvgIpc) is 3.51. The summed E-state index contributed by atoms with van der Waals surface area (Å²) in [7, 11) is 1.41. The standard InChI is InChI=1S/C34H46FN5O4S.C14H22N4O2/c1-3-23-6-8-25(9-7-23)45-39-16-12-34(13-17-39)10-14-37(15-11-34)24-21-38(22-24)30-20-27-26(19-28(30)35)32(43)40(33(27)44)29(5-4-18-41)31(42)36-2;1-5-7-10-8-16-13(15)17-12(10)18(9-19)11(6-2)14(3,4)20/h6,8,18-20,23-25,29H,3-5,7,9-17,21-22H2,1-2H3,(H,36,42);5,7-9,11,20H,6H2,1-4H3,(H2,15,16,17)/b;7-5-/t;11-/m.1/s1. The number of nitrogens with one attached hydrogen (secondary N) is 1. The molecule has 2 aromatic rings. The molecule has 5 heterocycles. The number of carbonyl (C=O) groups excluding carboxylic acids is 5. The number of carbonyl (C=O) groups is 5. The number of nitrogens with two attached hydrogens (primary N) is 1. The fourth-order valence-electron chi connectivity index (χ4n) is 10.1. The molecule has 3 saturated heterocycles. The monoisotopic (exact) mass is 917 g/mol. The number of likely N-dealkylation sites (N-methyl/N-ethyl adjacent to an activating group) is 1. The summed E-state index contributed by atoms with van der Waals surface area (Å²) < 4.78 is 17.9. The number of anilines is 3. The minimum Gasteiger partial charge on any atom is -0.388 e. The van der Waals surface area contributed by atoms with Crippen LogP contribution in [0.2, 0.25) is 0 Å². The predicted octanol–water partition coefficient (Wildman–Crippen LogP) is 5.88. The van der Waals surface area contributed by atoms with Crippen LogP contribution in [0.4, 0.5) is 21.8 Å². The number of nitrogens with zero attached hydrogens (tertiary/aromatic N) is 7. The van der Waals surface area contributed by atoms with Crippen LogP contribution in [0, 0.1) is 17.2 Å². The lowest BCUT2D eigenvalue weighted by Crippen LogP contribution is -2.62. The van der Waals surface area contributed by atoms with Crippen molar-refractivity contribution in [2.24, 2.45) is 11.3 Å². The number of fused-ring (bicyclic) bond motifs is 1. The van der Waals surface area contributed by atoms with Gasteiger partial charge >= 0.3 is 0 Å². The molecule has 7 rings (SSSR count). The maximum atomic E-state index is 15.3. The lowest BCUT2D eigenvalue weighted by molar-refractivity contribution is -0.124. The molecule has 4 atom stereocenters. The van der Waals surface area contributed by atoms with Gasteiger partial charge in [-0.05, 0) is 115 Å². The van der Waals surface area contributed by atoms with Crippen molar-refractivity contribution in [3.8, 4) is 0 Å². The molecule has 4 aliphatic heterocycles. The van der Waals surface area contributed by atoms with Crippen molar-refractivity contribution >= 4 is 65.9 Å². The molecule has 4 N–H and O–H groups in total. The van der Waals surface area contributed by atoms with Crippen molar-refractivity contribution in [1.29, 1.82) is 0 Å². The lowest BCUT2D eigenvalue weighted by Gasteiger charge is -2.52. The minimum atomic E-state index is -1.12. The van der Waals surface area contributed by atoms with Crippen molar-refractivity contribution in [2.45, 2.75) is 128 Å². The van der Waals surface area contributed by atoms with E-state index >= 15 is 4.39 Å². The van der Waals surface area contributed by atoms with E-state index in [1.54, 1.807) is 26.1 Å². The number of imide groups is 1. The third-order valence-corrected chi connectivity index (χ3v) is 15.4. The number of aldehydes is 1. The first-order valence-electron chi connectivity index (χ1n) is 23.3. The topological polar surface area (TPSA) is 186 Å². The Bertz CT molecular complexity index is 2090. The second-order valence-corrected chi connectivity index (χ2v) is 19.9. The summed E-state index contributed by atoms with van der Waals surface area (Å²) >= 11 is 2.06. The highest BCUT2D eigenvalue weighted by molar-refractivity contribution is 7.97. The van der Waals surface area contributed by atoms with Crippen LogP contribution in [-0.2, 0) is 14.4 Å². The zero-order valence-corrected chi connectivity index (χ0v) is 39.7. The van der Waals surface area contributed by atoms with Crippen molar-refractivity contribution in [3.63, 3.8) is 0 Å².